The van der Waals surface area contributed by atoms with Crippen molar-refractivity contribution in [1.82, 2.24) is 15.1 Å². The van der Waals surface area contributed by atoms with Crippen LogP contribution in [0.5, 0.6) is 0 Å². The molecule has 1 amide bonds. The lowest BCUT2D eigenvalue weighted by Gasteiger charge is -2.10. The smallest absolute Gasteiger partial charge is 0.331 e. The van der Waals surface area contributed by atoms with E-state index in [0.717, 1.165) is 22.4 Å². The van der Waals surface area contributed by atoms with Gasteiger partial charge in [0.15, 0.2) is 6.10 Å². The van der Waals surface area contributed by atoms with Crippen LogP contribution in [0.25, 0.3) is 17.3 Å². The zero-order valence-corrected chi connectivity index (χ0v) is 17.4. The van der Waals surface area contributed by atoms with Gasteiger partial charge in [-0.15, -0.1) is 6.58 Å². The molecule has 158 valence electrons. The molecule has 0 spiro atoms. The van der Waals surface area contributed by atoms with Gasteiger partial charge in [-0.25, -0.2) is 4.79 Å². The summed E-state index contributed by atoms with van der Waals surface area (Å²) in [5, 5.41) is 7.31. The number of hydrogen-bond donors (Lipinski definition) is 1. The second-order valence-electron chi connectivity index (χ2n) is 6.93. The van der Waals surface area contributed by atoms with Crippen molar-refractivity contribution in [3.05, 3.63) is 96.7 Å². The molecule has 1 aromatic heterocycles. The van der Waals surface area contributed by atoms with Crippen molar-refractivity contribution < 1.29 is 14.3 Å². The maximum absolute atomic E-state index is 12.2. The summed E-state index contributed by atoms with van der Waals surface area (Å²) in [7, 11) is 0. The van der Waals surface area contributed by atoms with Crippen LogP contribution < -0.4 is 5.32 Å². The molecule has 1 atom stereocenters. The number of carbonyl (C=O) groups is 2. The van der Waals surface area contributed by atoms with Crippen molar-refractivity contribution in [2.24, 2.45) is 0 Å². The average Bonchev–Trinajstić information content (AvgIpc) is 3.19. The second-order valence-corrected chi connectivity index (χ2v) is 6.93. The Morgan fingerprint density at radius 1 is 1.13 bits per heavy atom. The fourth-order valence-corrected chi connectivity index (χ4v) is 2.97. The Morgan fingerprint density at radius 3 is 2.48 bits per heavy atom. The van der Waals surface area contributed by atoms with Crippen LogP contribution in [-0.2, 0) is 20.9 Å². The lowest BCUT2D eigenvalue weighted by molar-refractivity contribution is -0.150. The molecular weight excluding hydrogens is 390 g/mol. The molecule has 6 heteroatoms. The van der Waals surface area contributed by atoms with Crippen LogP contribution in [-0.4, -0.2) is 34.3 Å². The number of amides is 1. The fraction of sp³-hybridized carbons (Fsp3) is 0.160. The van der Waals surface area contributed by atoms with E-state index in [1.54, 1.807) is 12.2 Å². The molecule has 0 unspecified atom stereocenters. The highest BCUT2D eigenvalue weighted by atomic mass is 16.5. The first-order valence-electron chi connectivity index (χ1n) is 10.0. The zero-order valence-electron chi connectivity index (χ0n) is 17.4. The van der Waals surface area contributed by atoms with Crippen LogP contribution in [0, 0.1) is 0 Å². The quantitative estimate of drug-likeness (QED) is 0.327. The van der Waals surface area contributed by atoms with Crippen molar-refractivity contribution >= 4 is 18.0 Å². The van der Waals surface area contributed by atoms with Crippen molar-refractivity contribution in [1.29, 1.82) is 0 Å². The van der Waals surface area contributed by atoms with Gasteiger partial charge in [0.1, 0.15) is 0 Å². The highest BCUT2D eigenvalue weighted by molar-refractivity contribution is 5.91. The first-order valence-corrected chi connectivity index (χ1v) is 10.0. The molecule has 0 bridgehead atoms. The molecule has 0 radical (unpaired) electrons. The predicted molar refractivity (Wildman–Crippen MR) is 121 cm³/mol. The average molecular weight is 415 g/mol. The third kappa shape index (κ3) is 6.27. The van der Waals surface area contributed by atoms with E-state index in [-0.39, 0.29) is 5.91 Å². The molecule has 0 aliphatic carbocycles. The van der Waals surface area contributed by atoms with Crippen LogP contribution in [0.3, 0.4) is 0 Å². The van der Waals surface area contributed by atoms with E-state index < -0.39 is 12.1 Å². The summed E-state index contributed by atoms with van der Waals surface area (Å²) < 4.78 is 7.02. The van der Waals surface area contributed by atoms with Crippen molar-refractivity contribution in [3.8, 4) is 11.3 Å². The Kier molecular flexibility index (Phi) is 7.54. The molecule has 0 fully saturated rings. The van der Waals surface area contributed by atoms with Gasteiger partial charge in [-0.3, -0.25) is 9.48 Å². The molecule has 0 saturated heterocycles. The highest BCUT2D eigenvalue weighted by Crippen LogP contribution is 2.23. The van der Waals surface area contributed by atoms with E-state index in [9.17, 15) is 9.59 Å². The molecule has 1 heterocycles. The van der Waals surface area contributed by atoms with Gasteiger partial charge in [0, 0.05) is 29.9 Å². The maximum Gasteiger partial charge on any atom is 0.331 e. The van der Waals surface area contributed by atoms with Gasteiger partial charge in [-0.1, -0.05) is 66.7 Å². The molecule has 3 aromatic rings. The number of aromatic nitrogens is 2. The number of carbonyl (C=O) groups excluding carboxylic acids is 2. The topological polar surface area (TPSA) is 73.2 Å². The number of hydrogen-bond acceptors (Lipinski definition) is 4. The van der Waals surface area contributed by atoms with Crippen molar-refractivity contribution in [3.63, 3.8) is 0 Å². The number of esters is 1. The monoisotopic (exact) mass is 415 g/mol. The molecule has 2 aromatic carbocycles. The largest absolute Gasteiger partial charge is 0.449 e. The van der Waals surface area contributed by atoms with E-state index in [2.05, 4.69) is 11.9 Å². The van der Waals surface area contributed by atoms with Gasteiger partial charge >= 0.3 is 5.97 Å². The van der Waals surface area contributed by atoms with Gasteiger partial charge in [0.25, 0.3) is 5.91 Å². The summed E-state index contributed by atoms with van der Waals surface area (Å²) in [4.78, 5) is 24.1. The second kappa shape index (κ2) is 10.7. The van der Waals surface area contributed by atoms with E-state index in [4.69, 9.17) is 9.84 Å². The molecular formula is C25H25N3O3. The molecule has 0 aliphatic rings. The molecule has 31 heavy (non-hydrogen) atoms. The molecule has 3 rings (SSSR count). The summed E-state index contributed by atoms with van der Waals surface area (Å²) in [5.41, 5.74) is 3.61. The first kappa shape index (κ1) is 21.8. The van der Waals surface area contributed by atoms with Crippen molar-refractivity contribution in [2.75, 3.05) is 6.54 Å². The molecule has 1 N–H and O–H groups in total. The van der Waals surface area contributed by atoms with E-state index in [1.807, 2.05) is 71.5 Å². The summed E-state index contributed by atoms with van der Waals surface area (Å²) in [6.07, 6.45) is 5.52. The number of rotatable bonds is 9. The van der Waals surface area contributed by atoms with E-state index in [1.165, 1.54) is 13.0 Å². The van der Waals surface area contributed by atoms with E-state index >= 15 is 0 Å². The Hall–Kier alpha value is -3.93. The number of nitrogens with one attached hydrogen (secondary N) is 1. The zero-order chi connectivity index (χ0) is 22.1. The Balaban J connectivity index is 1.77. The highest BCUT2D eigenvalue weighted by Gasteiger charge is 2.16. The Bertz CT molecular complexity index is 1060. The minimum atomic E-state index is -0.897. The Morgan fingerprint density at radius 2 is 1.81 bits per heavy atom. The Labute approximate surface area is 181 Å². The predicted octanol–water partition coefficient (Wildman–Crippen LogP) is 3.85. The lowest BCUT2D eigenvalue weighted by Crippen LogP contribution is -2.35. The maximum atomic E-state index is 12.2. The van der Waals surface area contributed by atoms with Crippen LogP contribution >= 0.6 is 0 Å². The molecule has 0 aliphatic heterocycles. The summed E-state index contributed by atoms with van der Waals surface area (Å²) in [5.74, 6) is -0.974. The molecule has 0 saturated carbocycles. The normalized spacial score (nSPS) is 11.8. The summed E-state index contributed by atoms with van der Waals surface area (Å²) >= 11 is 0. The van der Waals surface area contributed by atoms with Crippen LogP contribution in [0.1, 0.15) is 18.1 Å². The number of benzene rings is 2. The first-order chi connectivity index (χ1) is 15.1. The standard InChI is InChI=1S/C25H25N3O3/c1-3-16-26-25(30)19(2)31-23(29)15-14-22-18-28(17-20-10-6-4-7-11-20)27-24(22)21-12-8-5-9-13-21/h3-15,18-19H,1,16-17H2,2H3,(H,26,30)/b15-14+/t19-/m1/s1. The van der Waals surface area contributed by atoms with Crippen molar-refractivity contribution in [2.45, 2.75) is 19.6 Å². The van der Waals surface area contributed by atoms with E-state index in [0.29, 0.717) is 13.1 Å². The van der Waals surface area contributed by atoms with Gasteiger partial charge in [0.2, 0.25) is 0 Å². The van der Waals surface area contributed by atoms with Crippen LogP contribution in [0.4, 0.5) is 0 Å². The number of nitrogens with zero attached hydrogens (tertiary/aromatic N) is 2. The third-order valence-corrected chi connectivity index (χ3v) is 4.51. The van der Waals surface area contributed by atoms with Gasteiger partial charge in [-0.2, -0.15) is 5.10 Å². The lowest BCUT2D eigenvalue weighted by atomic mass is 10.1. The third-order valence-electron chi connectivity index (χ3n) is 4.51. The minimum Gasteiger partial charge on any atom is -0.449 e. The fourth-order valence-electron chi connectivity index (χ4n) is 2.97. The van der Waals surface area contributed by atoms with Crippen LogP contribution in [0.2, 0.25) is 0 Å². The van der Waals surface area contributed by atoms with Gasteiger partial charge in [-0.05, 0) is 18.6 Å². The number of ether oxygens (including phenoxy) is 1. The minimum absolute atomic E-state index is 0.317. The van der Waals surface area contributed by atoms with Gasteiger partial charge < -0.3 is 10.1 Å². The summed E-state index contributed by atoms with van der Waals surface area (Å²) in [6.45, 7) is 5.99. The van der Waals surface area contributed by atoms with Gasteiger partial charge in [0.05, 0.1) is 12.2 Å². The van der Waals surface area contributed by atoms with Crippen LogP contribution in [0.15, 0.2) is 85.6 Å². The summed E-state index contributed by atoms with van der Waals surface area (Å²) in [6, 6.07) is 19.8. The SMILES string of the molecule is C=CCNC(=O)[C@@H](C)OC(=O)/C=C/c1cn(Cc2ccccc2)nc1-c1ccccc1. The molecule has 6 nitrogen and oxygen atoms in total.